The van der Waals surface area contributed by atoms with Crippen molar-refractivity contribution in [2.24, 2.45) is 0 Å². The third-order valence-corrected chi connectivity index (χ3v) is 5.20. The molecule has 4 heterocycles. The van der Waals surface area contributed by atoms with Gasteiger partial charge in [-0.1, -0.05) is 11.6 Å². The van der Waals surface area contributed by atoms with Crippen molar-refractivity contribution in [3.63, 3.8) is 0 Å². The Hall–Kier alpha value is -3.59. The molecule has 0 aliphatic carbocycles. The second kappa shape index (κ2) is 9.48. The molecule has 9 nitrogen and oxygen atoms in total. The van der Waals surface area contributed by atoms with Gasteiger partial charge in [-0.25, -0.2) is 15.0 Å². The Bertz CT molecular complexity index is 1060. The van der Waals surface area contributed by atoms with Crippen LogP contribution in [0.3, 0.4) is 0 Å². The first-order valence-electron chi connectivity index (χ1n) is 9.80. The molecule has 0 saturated carbocycles. The summed E-state index contributed by atoms with van der Waals surface area (Å²) in [7, 11) is 0. The molecular formula is C21H20ClN7O2. The number of carbonyl (C=O) groups is 2. The van der Waals surface area contributed by atoms with Crippen molar-refractivity contribution in [1.82, 2.24) is 24.8 Å². The molecule has 0 atom stereocenters. The maximum atomic E-state index is 12.6. The summed E-state index contributed by atoms with van der Waals surface area (Å²) in [6.45, 7) is 2.63. The van der Waals surface area contributed by atoms with Crippen LogP contribution in [0.2, 0.25) is 5.15 Å². The number of hydrogen-bond donors (Lipinski definition) is 1. The Morgan fingerprint density at radius 1 is 0.935 bits per heavy atom. The number of nitrogens with one attached hydrogen (secondary N) is 1. The van der Waals surface area contributed by atoms with E-state index in [4.69, 9.17) is 11.6 Å². The summed E-state index contributed by atoms with van der Waals surface area (Å²) in [5, 5.41) is 2.92. The van der Waals surface area contributed by atoms with Gasteiger partial charge in [0.25, 0.3) is 11.8 Å². The smallest absolute Gasteiger partial charge is 0.274 e. The Morgan fingerprint density at radius 2 is 1.84 bits per heavy atom. The van der Waals surface area contributed by atoms with Gasteiger partial charge in [0.2, 0.25) is 0 Å². The molecule has 31 heavy (non-hydrogen) atoms. The zero-order valence-electron chi connectivity index (χ0n) is 16.6. The van der Waals surface area contributed by atoms with Crippen LogP contribution in [0.4, 0.5) is 11.5 Å². The number of nitrogens with zero attached hydrogens (tertiary/aromatic N) is 6. The van der Waals surface area contributed by atoms with Crippen LogP contribution in [0, 0.1) is 0 Å². The number of hydrogen-bond acceptors (Lipinski definition) is 7. The fraction of sp³-hybridized carbons (Fsp3) is 0.238. The highest BCUT2D eigenvalue weighted by molar-refractivity contribution is 6.33. The average molecular weight is 438 g/mol. The van der Waals surface area contributed by atoms with Crippen LogP contribution in [0.5, 0.6) is 0 Å². The highest BCUT2D eigenvalue weighted by Gasteiger charge is 2.22. The minimum atomic E-state index is -0.347. The van der Waals surface area contributed by atoms with E-state index in [-0.39, 0.29) is 17.0 Å². The van der Waals surface area contributed by atoms with Gasteiger partial charge in [-0.05, 0) is 30.7 Å². The summed E-state index contributed by atoms with van der Waals surface area (Å²) in [6.07, 6.45) is 8.49. The van der Waals surface area contributed by atoms with Gasteiger partial charge in [-0.2, -0.15) is 0 Å². The Kier molecular flexibility index (Phi) is 6.32. The monoisotopic (exact) mass is 437 g/mol. The molecule has 0 bridgehead atoms. The first-order chi connectivity index (χ1) is 15.1. The van der Waals surface area contributed by atoms with Gasteiger partial charge >= 0.3 is 0 Å². The number of pyridine rings is 2. The predicted octanol–water partition coefficient (Wildman–Crippen LogP) is 2.52. The van der Waals surface area contributed by atoms with E-state index in [2.05, 4.69) is 30.2 Å². The fourth-order valence-corrected chi connectivity index (χ4v) is 3.53. The van der Waals surface area contributed by atoms with Crippen LogP contribution in [-0.2, 0) is 0 Å². The van der Waals surface area contributed by atoms with E-state index in [1.807, 2.05) is 6.07 Å². The summed E-state index contributed by atoms with van der Waals surface area (Å²) < 4.78 is 0. The van der Waals surface area contributed by atoms with Crippen LogP contribution in [-0.4, -0.2) is 62.8 Å². The van der Waals surface area contributed by atoms with Gasteiger partial charge in [0.1, 0.15) is 16.7 Å². The number of halogens is 1. The minimum Gasteiger partial charge on any atom is -0.355 e. The van der Waals surface area contributed by atoms with Crippen molar-refractivity contribution < 1.29 is 9.59 Å². The van der Waals surface area contributed by atoms with Crippen LogP contribution in [0.15, 0.2) is 55.2 Å². The lowest BCUT2D eigenvalue weighted by atomic mass is 10.2. The van der Waals surface area contributed by atoms with E-state index in [0.29, 0.717) is 36.6 Å². The Balaban J connectivity index is 1.37. The molecule has 158 valence electrons. The van der Waals surface area contributed by atoms with Crippen molar-refractivity contribution in [3.8, 4) is 0 Å². The van der Waals surface area contributed by atoms with Gasteiger partial charge in [0.15, 0.2) is 0 Å². The van der Waals surface area contributed by atoms with Crippen LogP contribution in [0.1, 0.15) is 27.3 Å². The topological polar surface area (TPSA) is 104 Å². The van der Waals surface area contributed by atoms with E-state index in [9.17, 15) is 9.59 Å². The maximum Gasteiger partial charge on any atom is 0.274 e. The van der Waals surface area contributed by atoms with Crippen molar-refractivity contribution in [3.05, 3.63) is 71.7 Å². The van der Waals surface area contributed by atoms with Crippen LogP contribution in [0.25, 0.3) is 0 Å². The van der Waals surface area contributed by atoms with E-state index in [1.165, 1.54) is 18.6 Å². The Morgan fingerprint density at radius 3 is 2.58 bits per heavy atom. The van der Waals surface area contributed by atoms with Crippen LogP contribution >= 0.6 is 11.6 Å². The number of carbonyl (C=O) groups excluding carboxylic acids is 2. The highest BCUT2D eigenvalue weighted by Crippen LogP contribution is 2.19. The van der Waals surface area contributed by atoms with Gasteiger partial charge in [0.05, 0.1) is 23.6 Å². The lowest BCUT2D eigenvalue weighted by Gasteiger charge is -2.22. The van der Waals surface area contributed by atoms with Crippen molar-refractivity contribution in [2.45, 2.75) is 6.42 Å². The third-order valence-electron chi connectivity index (χ3n) is 4.90. The van der Waals surface area contributed by atoms with E-state index in [1.54, 1.807) is 35.5 Å². The zero-order chi connectivity index (χ0) is 21.6. The minimum absolute atomic E-state index is 0.116. The number of anilines is 2. The molecular weight excluding hydrogens is 418 g/mol. The lowest BCUT2D eigenvalue weighted by Crippen LogP contribution is -2.35. The van der Waals surface area contributed by atoms with Crippen molar-refractivity contribution in [1.29, 1.82) is 0 Å². The molecule has 1 N–H and O–H groups in total. The summed E-state index contributed by atoms with van der Waals surface area (Å²) in [4.78, 5) is 45.3. The second-order valence-electron chi connectivity index (χ2n) is 6.92. The van der Waals surface area contributed by atoms with E-state index in [0.717, 1.165) is 18.8 Å². The first-order valence-corrected chi connectivity index (χ1v) is 10.2. The molecule has 10 heteroatoms. The molecule has 0 spiro atoms. The first kappa shape index (κ1) is 20.7. The number of rotatable bonds is 4. The fourth-order valence-electron chi connectivity index (χ4n) is 3.32. The Labute approximate surface area is 184 Å². The number of amides is 2. The third kappa shape index (κ3) is 4.95. The molecule has 1 aliphatic heterocycles. The molecule has 4 rings (SSSR count). The van der Waals surface area contributed by atoms with Crippen molar-refractivity contribution >= 4 is 34.9 Å². The summed E-state index contributed by atoms with van der Waals surface area (Å²) in [5.41, 5.74) is 1.21. The molecule has 3 aromatic rings. The molecule has 0 aromatic carbocycles. The maximum absolute atomic E-state index is 12.6. The predicted molar refractivity (Wildman–Crippen MR) is 116 cm³/mol. The van der Waals surface area contributed by atoms with Gasteiger partial charge in [-0.3, -0.25) is 14.6 Å². The normalized spacial score (nSPS) is 14.1. The molecule has 1 saturated heterocycles. The molecule has 3 aromatic heterocycles. The van der Waals surface area contributed by atoms with Crippen LogP contribution < -0.4 is 10.2 Å². The summed E-state index contributed by atoms with van der Waals surface area (Å²) >= 11 is 5.97. The SMILES string of the molecule is O=C(Nc1ccc(N2CCCN(C(=O)c3cnccn3)CC2)nc1)c1cccnc1Cl. The standard InChI is InChI=1S/C21H20ClN7O2/c22-19-16(3-1-6-25-19)20(30)27-15-4-5-18(26-13-15)28-9-2-10-29(12-11-28)21(31)17-14-23-7-8-24-17/h1,3-8,13-14H,2,9-12H2,(H,27,30). The van der Waals surface area contributed by atoms with E-state index >= 15 is 0 Å². The number of aromatic nitrogens is 4. The molecule has 0 unspecified atom stereocenters. The average Bonchev–Trinajstić information content (AvgIpc) is 3.06. The highest BCUT2D eigenvalue weighted by atomic mass is 35.5. The summed E-state index contributed by atoms with van der Waals surface area (Å²) in [6, 6.07) is 6.90. The lowest BCUT2D eigenvalue weighted by molar-refractivity contribution is 0.0760. The second-order valence-corrected chi connectivity index (χ2v) is 7.28. The van der Waals surface area contributed by atoms with Gasteiger partial charge in [-0.15, -0.1) is 0 Å². The van der Waals surface area contributed by atoms with Gasteiger partial charge < -0.3 is 15.1 Å². The molecule has 2 amide bonds. The summed E-state index contributed by atoms with van der Waals surface area (Å²) in [5.74, 6) is 0.321. The molecule has 1 aliphatic rings. The zero-order valence-corrected chi connectivity index (χ0v) is 17.4. The van der Waals surface area contributed by atoms with E-state index < -0.39 is 0 Å². The van der Waals surface area contributed by atoms with Gasteiger partial charge in [0, 0.05) is 44.8 Å². The van der Waals surface area contributed by atoms with Crippen molar-refractivity contribution in [2.75, 3.05) is 36.4 Å². The molecule has 0 radical (unpaired) electrons. The largest absolute Gasteiger partial charge is 0.355 e. The molecule has 1 fully saturated rings. The quantitative estimate of drug-likeness (QED) is 0.625.